The zero-order chi connectivity index (χ0) is 24.9. The minimum absolute atomic E-state index is 0.0888. The van der Waals surface area contributed by atoms with Gasteiger partial charge in [0.1, 0.15) is 22.8 Å². The van der Waals surface area contributed by atoms with Crippen molar-refractivity contribution in [1.82, 2.24) is 24.9 Å². The van der Waals surface area contributed by atoms with Crippen molar-refractivity contribution in [3.63, 3.8) is 0 Å². The van der Waals surface area contributed by atoms with E-state index < -0.39 is 5.56 Å². The lowest BCUT2D eigenvalue weighted by atomic mass is 10.0. The van der Waals surface area contributed by atoms with E-state index in [1.165, 1.54) is 6.08 Å². The molecule has 1 aliphatic rings. The number of piperidine rings is 1. The summed E-state index contributed by atoms with van der Waals surface area (Å²) in [7, 11) is 3.15. The number of benzene rings is 1. The van der Waals surface area contributed by atoms with Crippen LogP contribution in [0.15, 0.2) is 34.0 Å². The number of nitrogen functional groups attached to an aromatic ring is 1. The number of amides is 1. The van der Waals surface area contributed by atoms with E-state index in [1.54, 1.807) is 35.9 Å². The molecule has 0 radical (unpaired) electrons. The number of nitrogens with zero attached hydrogens (tertiary/aromatic N) is 4. The van der Waals surface area contributed by atoms with Gasteiger partial charge in [-0.15, -0.1) is 0 Å². The number of likely N-dealkylation sites (tertiary alicyclic amines) is 1. The van der Waals surface area contributed by atoms with Crippen molar-refractivity contribution in [1.29, 1.82) is 0 Å². The average molecular weight is 479 g/mol. The van der Waals surface area contributed by atoms with Gasteiger partial charge in [0.2, 0.25) is 5.91 Å². The number of nitrogens with two attached hydrogens (primary N) is 1. The number of anilines is 1. The monoisotopic (exact) mass is 478 g/mol. The van der Waals surface area contributed by atoms with Gasteiger partial charge in [0, 0.05) is 30.8 Å². The van der Waals surface area contributed by atoms with Crippen molar-refractivity contribution < 1.29 is 18.7 Å². The Bertz CT molecular complexity index is 1520. The number of aromatic nitrogens is 4. The Morgan fingerprint density at radius 2 is 2.00 bits per heavy atom. The molecule has 1 amide bonds. The second-order valence-electron chi connectivity index (χ2n) is 8.47. The van der Waals surface area contributed by atoms with Crippen molar-refractivity contribution in [2.24, 2.45) is 0 Å². The summed E-state index contributed by atoms with van der Waals surface area (Å²) in [6, 6.07) is 3.48. The Hall–Kier alpha value is -4.28. The molecule has 1 fully saturated rings. The van der Waals surface area contributed by atoms with Crippen molar-refractivity contribution in [2.45, 2.75) is 25.8 Å². The van der Waals surface area contributed by atoms with Gasteiger partial charge in [0.05, 0.1) is 31.0 Å². The number of carbonyl (C=O) groups is 1. The van der Waals surface area contributed by atoms with Crippen LogP contribution in [0.5, 0.6) is 11.5 Å². The van der Waals surface area contributed by atoms with Crippen molar-refractivity contribution in [3.8, 4) is 23.0 Å². The molecule has 3 aromatic heterocycles. The summed E-state index contributed by atoms with van der Waals surface area (Å²) >= 11 is 0. The van der Waals surface area contributed by atoms with Crippen LogP contribution < -0.4 is 20.8 Å². The van der Waals surface area contributed by atoms with Gasteiger partial charge in [0.25, 0.3) is 5.56 Å². The van der Waals surface area contributed by atoms with E-state index in [2.05, 4.69) is 21.9 Å². The van der Waals surface area contributed by atoms with Crippen LogP contribution in [0.1, 0.15) is 24.4 Å². The Morgan fingerprint density at radius 3 is 2.66 bits per heavy atom. The fraction of sp³-hybridized carbons (Fsp3) is 0.333. The van der Waals surface area contributed by atoms with Crippen LogP contribution in [-0.2, 0) is 4.79 Å². The van der Waals surface area contributed by atoms with Gasteiger partial charge in [-0.1, -0.05) is 6.58 Å². The van der Waals surface area contributed by atoms with Gasteiger partial charge >= 0.3 is 0 Å². The van der Waals surface area contributed by atoms with E-state index in [0.717, 1.165) is 10.9 Å². The lowest BCUT2D eigenvalue weighted by Gasteiger charge is -2.32. The number of ether oxygens (including phenoxy) is 2. The zero-order valence-electron chi connectivity index (χ0n) is 19.8. The number of furan rings is 1. The SMILES string of the molecule is C=CC(=O)N1CCC(n2nc3c(=O)[nH]nc(N)c3c2-c2oc3cc(OC)cc(OC)c3c2C)CC1. The number of H-pyrrole nitrogens is 1. The van der Waals surface area contributed by atoms with Crippen LogP contribution in [0.2, 0.25) is 0 Å². The third kappa shape index (κ3) is 3.50. The number of aromatic amines is 1. The number of hydrogen-bond donors (Lipinski definition) is 2. The standard InChI is InChI=1S/C24H26N6O5/c1-5-17(31)29-8-6-13(7-9-29)30-21(19-20(28-30)24(32)27-26-23(19)25)22-12(2)18-15(34-4)10-14(33-3)11-16(18)35-22/h5,10-11,13H,1,6-9H2,2-4H3,(H2,25,26)(H,27,32). The van der Waals surface area contributed by atoms with Crippen molar-refractivity contribution >= 4 is 33.6 Å². The molecular formula is C24H26N6O5. The second kappa shape index (κ2) is 8.49. The first-order chi connectivity index (χ1) is 16.9. The summed E-state index contributed by atoms with van der Waals surface area (Å²) < 4.78 is 19.1. The zero-order valence-corrected chi connectivity index (χ0v) is 19.8. The predicted octanol–water partition coefficient (Wildman–Crippen LogP) is 2.79. The second-order valence-corrected chi connectivity index (χ2v) is 8.47. The summed E-state index contributed by atoms with van der Waals surface area (Å²) in [5, 5.41) is 12.3. The minimum atomic E-state index is -0.443. The highest BCUT2D eigenvalue weighted by Crippen LogP contribution is 2.44. The van der Waals surface area contributed by atoms with Crippen molar-refractivity contribution in [3.05, 3.63) is 40.7 Å². The molecule has 0 unspecified atom stereocenters. The third-order valence-corrected chi connectivity index (χ3v) is 6.59. The summed E-state index contributed by atoms with van der Waals surface area (Å²) in [6.07, 6.45) is 2.60. The van der Waals surface area contributed by atoms with Gasteiger partial charge in [0.15, 0.2) is 17.1 Å². The number of carbonyl (C=O) groups excluding carboxylic acids is 1. The Labute approximate surface area is 200 Å². The lowest BCUT2D eigenvalue weighted by molar-refractivity contribution is -0.127. The van der Waals surface area contributed by atoms with E-state index in [4.69, 9.17) is 19.6 Å². The number of rotatable bonds is 5. The van der Waals surface area contributed by atoms with Crippen molar-refractivity contribution in [2.75, 3.05) is 33.0 Å². The van der Waals surface area contributed by atoms with Crippen LogP contribution in [-0.4, -0.2) is 58.1 Å². The maximum absolute atomic E-state index is 12.7. The lowest BCUT2D eigenvalue weighted by Crippen LogP contribution is -2.38. The fourth-order valence-electron chi connectivity index (χ4n) is 4.82. The van der Waals surface area contributed by atoms with Crippen LogP contribution >= 0.6 is 0 Å². The van der Waals surface area contributed by atoms with Crippen LogP contribution in [0.4, 0.5) is 5.82 Å². The molecule has 35 heavy (non-hydrogen) atoms. The quantitative estimate of drug-likeness (QED) is 0.417. The number of fused-ring (bicyclic) bond motifs is 2. The molecule has 11 nitrogen and oxygen atoms in total. The third-order valence-electron chi connectivity index (χ3n) is 6.59. The number of aryl methyl sites for hydroxylation is 1. The maximum atomic E-state index is 12.7. The molecule has 0 saturated carbocycles. The molecule has 182 valence electrons. The normalized spacial score (nSPS) is 14.5. The maximum Gasteiger partial charge on any atom is 0.292 e. The van der Waals surface area contributed by atoms with Gasteiger partial charge in [-0.3, -0.25) is 14.3 Å². The Balaban J connectivity index is 1.74. The summed E-state index contributed by atoms with van der Waals surface area (Å²) in [6.45, 7) is 6.57. The smallest absolute Gasteiger partial charge is 0.292 e. The van der Waals surface area contributed by atoms with Gasteiger partial charge in [-0.05, 0) is 25.8 Å². The topological polar surface area (TPSA) is 142 Å². The molecule has 1 saturated heterocycles. The molecule has 11 heteroatoms. The van der Waals surface area contributed by atoms with Gasteiger partial charge in [-0.2, -0.15) is 10.2 Å². The molecule has 0 spiro atoms. The average Bonchev–Trinajstić information content (AvgIpc) is 3.44. The Morgan fingerprint density at radius 1 is 1.26 bits per heavy atom. The van der Waals surface area contributed by atoms with E-state index in [0.29, 0.717) is 59.9 Å². The van der Waals surface area contributed by atoms with E-state index in [1.807, 2.05) is 6.92 Å². The number of hydrogen-bond acceptors (Lipinski definition) is 8. The van der Waals surface area contributed by atoms with Gasteiger partial charge < -0.3 is 24.5 Å². The first-order valence-electron chi connectivity index (χ1n) is 11.2. The van der Waals surface area contributed by atoms with Crippen LogP contribution in [0, 0.1) is 6.92 Å². The van der Waals surface area contributed by atoms with Gasteiger partial charge in [-0.25, -0.2) is 5.10 Å². The van der Waals surface area contributed by atoms with E-state index in [-0.39, 0.29) is 23.3 Å². The molecule has 4 aromatic rings. The fourth-order valence-corrected chi connectivity index (χ4v) is 4.82. The molecule has 0 bridgehead atoms. The largest absolute Gasteiger partial charge is 0.496 e. The predicted molar refractivity (Wildman–Crippen MR) is 131 cm³/mol. The molecule has 0 aliphatic carbocycles. The van der Waals surface area contributed by atoms with Crippen LogP contribution in [0.25, 0.3) is 33.3 Å². The summed E-state index contributed by atoms with van der Waals surface area (Å²) in [4.78, 5) is 26.5. The molecule has 5 rings (SSSR count). The van der Waals surface area contributed by atoms with E-state index in [9.17, 15) is 9.59 Å². The molecular weight excluding hydrogens is 452 g/mol. The molecule has 3 N–H and O–H groups in total. The van der Waals surface area contributed by atoms with Crippen LogP contribution in [0.3, 0.4) is 0 Å². The highest BCUT2D eigenvalue weighted by atomic mass is 16.5. The highest BCUT2D eigenvalue weighted by Gasteiger charge is 2.31. The number of nitrogens with one attached hydrogen (secondary N) is 1. The molecule has 1 aliphatic heterocycles. The first-order valence-corrected chi connectivity index (χ1v) is 11.2. The minimum Gasteiger partial charge on any atom is -0.496 e. The first kappa shape index (κ1) is 22.5. The summed E-state index contributed by atoms with van der Waals surface area (Å²) in [5.41, 5.74) is 7.93. The van der Waals surface area contributed by atoms with E-state index >= 15 is 0 Å². The highest BCUT2D eigenvalue weighted by molar-refractivity contribution is 6.02. The molecule has 1 aromatic carbocycles. The Kier molecular flexibility index (Phi) is 5.46. The molecule has 0 atom stereocenters. The molecule has 4 heterocycles. The summed E-state index contributed by atoms with van der Waals surface area (Å²) in [5.74, 6) is 1.74. The number of methoxy groups -OCH3 is 2.